The van der Waals surface area contributed by atoms with E-state index in [0.29, 0.717) is 5.56 Å². The number of halogens is 1. The number of aryl methyl sites for hydroxylation is 3. The van der Waals surface area contributed by atoms with Gasteiger partial charge in [0.25, 0.3) is 0 Å². The summed E-state index contributed by atoms with van der Waals surface area (Å²) in [4.78, 5) is 0. The standard InChI is InChI=1S/C9H11FN2.C2H6/c1-6-4-8-9(5-7(6)10)12(3)11(8)2;1-2/h4-5H,1-3H3;1-2H3. The first-order valence-electron chi connectivity index (χ1n) is 4.89. The Hall–Kier alpha value is -1.25. The number of hydrogen-bond acceptors (Lipinski definition) is 0. The molecule has 0 amide bonds. The molecule has 1 aromatic heterocycles. The van der Waals surface area contributed by atoms with Gasteiger partial charge in [-0.05, 0) is 18.6 Å². The Morgan fingerprint density at radius 1 is 1.00 bits per heavy atom. The van der Waals surface area contributed by atoms with Gasteiger partial charge in [0.2, 0.25) is 0 Å². The molecule has 0 fully saturated rings. The molecular formula is C11H17FN2. The molecular weight excluding hydrogens is 179 g/mol. The van der Waals surface area contributed by atoms with Crippen LogP contribution in [-0.4, -0.2) is 9.36 Å². The highest BCUT2D eigenvalue weighted by molar-refractivity contribution is 5.78. The summed E-state index contributed by atoms with van der Waals surface area (Å²) in [7, 11) is 3.87. The van der Waals surface area contributed by atoms with Gasteiger partial charge in [0, 0.05) is 20.2 Å². The molecule has 78 valence electrons. The van der Waals surface area contributed by atoms with E-state index < -0.39 is 0 Å². The van der Waals surface area contributed by atoms with Crippen LogP contribution in [0.1, 0.15) is 19.4 Å². The van der Waals surface area contributed by atoms with Gasteiger partial charge >= 0.3 is 0 Å². The monoisotopic (exact) mass is 196 g/mol. The minimum absolute atomic E-state index is 0.131. The first-order chi connectivity index (χ1) is 6.61. The Kier molecular flexibility index (Phi) is 2.99. The second kappa shape index (κ2) is 3.86. The van der Waals surface area contributed by atoms with Crippen molar-refractivity contribution in [2.45, 2.75) is 20.8 Å². The highest BCUT2D eigenvalue weighted by Gasteiger charge is 2.09. The molecule has 14 heavy (non-hydrogen) atoms. The summed E-state index contributed by atoms with van der Waals surface area (Å²) in [6.45, 7) is 5.78. The van der Waals surface area contributed by atoms with Crippen molar-refractivity contribution < 1.29 is 4.39 Å². The van der Waals surface area contributed by atoms with Crippen LogP contribution < -0.4 is 0 Å². The molecule has 0 unspecified atom stereocenters. The maximum atomic E-state index is 13.0. The number of aromatic nitrogens is 2. The van der Waals surface area contributed by atoms with Gasteiger partial charge in [-0.25, -0.2) is 4.39 Å². The summed E-state index contributed by atoms with van der Waals surface area (Å²) >= 11 is 0. The molecule has 0 radical (unpaired) electrons. The highest BCUT2D eigenvalue weighted by Crippen LogP contribution is 2.20. The molecule has 0 aliphatic heterocycles. The molecule has 0 N–H and O–H groups in total. The number of fused-ring (bicyclic) bond motifs is 1. The SMILES string of the molecule is CC.Cc1cc2c(cc1F)n(C)n2C. The minimum atomic E-state index is -0.131. The fourth-order valence-corrected chi connectivity index (χ4v) is 1.45. The number of rotatable bonds is 0. The van der Waals surface area contributed by atoms with Crippen LogP contribution >= 0.6 is 0 Å². The van der Waals surface area contributed by atoms with Crippen molar-refractivity contribution in [1.29, 1.82) is 0 Å². The van der Waals surface area contributed by atoms with E-state index in [-0.39, 0.29) is 5.82 Å². The van der Waals surface area contributed by atoms with E-state index in [1.165, 1.54) is 0 Å². The van der Waals surface area contributed by atoms with Gasteiger partial charge in [-0.1, -0.05) is 13.8 Å². The van der Waals surface area contributed by atoms with E-state index in [1.54, 1.807) is 13.0 Å². The van der Waals surface area contributed by atoms with Crippen LogP contribution in [0.15, 0.2) is 12.1 Å². The Morgan fingerprint density at radius 3 is 1.93 bits per heavy atom. The molecule has 0 saturated carbocycles. The van der Waals surface area contributed by atoms with E-state index in [9.17, 15) is 4.39 Å². The summed E-state index contributed by atoms with van der Waals surface area (Å²) < 4.78 is 17.0. The largest absolute Gasteiger partial charge is 0.286 e. The number of hydrogen-bond donors (Lipinski definition) is 0. The molecule has 3 heteroatoms. The maximum absolute atomic E-state index is 13.0. The predicted octanol–water partition coefficient (Wildman–Crippen LogP) is 2.99. The van der Waals surface area contributed by atoms with Crippen molar-refractivity contribution in [1.82, 2.24) is 9.36 Å². The molecule has 0 spiro atoms. The quantitative estimate of drug-likeness (QED) is 0.613. The molecule has 0 atom stereocenters. The minimum Gasteiger partial charge on any atom is -0.286 e. The summed E-state index contributed by atoms with van der Waals surface area (Å²) in [5, 5.41) is 0. The zero-order chi connectivity index (χ0) is 10.9. The lowest BCUT2D eigenvalue weighted by molar-refractivity contribution is 0.575. The fraction of sp³-hybridized carbons (Fsp3) is 0.455. The van der Waals surface area contributed by atoms with E-state index in [0.717, 1.165) is 11.0 Å². The van der Waals surface area contributed by atoms with Crippen LogP contribution in [0.25, 0.3) is 11.0 Å². The molecule has 0 saturated heterocycles. The second-order valence-corrected chi connectivity index (χ2v) is 3.14. The number of nitrogens with zero attached hydrogens (tertiary/aromatic N) is 2. The highest BCUT2D eigenvalue weighted by atomic mass is 19.1. The van der Waals surface area contributed by atoms with E-state index in [1.807, 2.05) is 43.4 Å². The van der Waals surface area contributed by atoms with Crippen molar-refractivity contribution in [2.24, 2.45) is 14.1 Å². The number of benzene rings is 1. The normalized spacial score (nSPS) is 10.1. The van der Waals surface area contributed by atoms with E-state index in [4.69, 9.17) is 0 Å². The van der Waals surface area contributed by atoms with Crippen LogP contribution in [0.5, 0.6) is 0 Å². The van der Waals surface area contributed by atoms with Gasteiger partial charge in [0.15, 0.2) is 0 Å². The Bertz CT molecular complexity index is 390. The molecule has 1 aromatic carbocycles. The van der Waals surface area contributed by atoms with Gasteiger partial charge < -0.3 is 0 Å². The molecule has 0 bridgehead atoms. The molecule has 2 nitrogen and oxygen atoms in total. The van der Waals surface area contributed by atoms with E-state index >= 15 is 0 Å². The molecule has 1 heterocycles. The molecule has 2 aromatic rings. The Morgan fingerprint density at radius 2 is 1.43 bits per heavy atom. The predicted molar refractivity (Wildman–Crippen MR) is 57.9 cm³/mol. The third-order valence-corrected chi connectivity index (χ3v) is 2.40. The fourth-order valence-electron chi connectivity index (χ4n) is 1.45. The third kappa shape index (κ3) is 1.43. The van der Waals surface area contributed by atoms with Crippen LogP contribution in [0.3, 0.4) is 0 Å². The van der Waals surface area contributed by atoms with Crippen LogP contribution in [-0.2, 0) is 14.1 Å². The van der Waals surface area contributed by atoms with Gasteiger partial charge in [-0.3, -0.25) is 9.36 Å². The third-order valence-electron chi connectivity index (χ3n) is 2.40. The van der Waals surface area contributed by atoms with E-state index in [2.05, 4.69) is 0 Å². The van der Waals surface area contributed by atoms with Crippen molar-refractivity contribution in [3.05, 3.63) is 23.5 Å². The van der Waals surface area contributed by atoms with Gasteiger partial charge in [-0.2, -0.15) is 0 Å². The first kappa shape index (κ1) is 10.8. The molecule has 0 aliphatic rings. The average molecular weight is 196 g/mol. The van der Waals surface area contributed by atoms with Gasteiger partial charge in [-0.15, -0.1) is 0 Å². The first-order valence-corrected chi connectivity index (χ1v) is 4.89. The van der Waals surface area contributed by atoms with Crippen molar-refractivity contribution in [3.8, 4) is 0 Å². The smallest absolute Gasteiger partial charge is 0.128 e. The second-order valence-electron chi connectivity index (χ2n) is 3.14. The van der Waals surface area contributed by atoms with Crippen LogP contribution in [0, 0.1) is 12.7 Å². The molecule has 0 aliphatic carbocycles. The molecule has 2 rings (SSSR count). The Balaban J connectivity index is 0.000000461. The summed E-state index contributed by atoms with van der Waals surface area (Å²) in [5.74, 6) is -0.131. The summed E-state index contributed by atoms with van der Waals surface area (Å²) in [6.07, 6.45) is 0. The van der Waals surface area contributed by atoms with Crippen LogP contribution in [0.4, 0.5) is 4.39 Å². The van der Waals surface area contributed by atoms with Gasteiger partial charge in [0.1, 0.15) is 5.82 Å². The van der Waals surface area contributed by atoms with Crippen LogP contribution in [0.2, 0.25) is 0 Å². The van der Waals surface area contributed by atoms with Crippen molar-refractivity contribution in [2.75, 3.05) is 0 Å². The van der Waals surface area contributed by atoms with Crippen molar-refractivity contribution in [3.63, 3.8) is 0 Å². The maximum Gasteiger partial charge on any atom is 0.128 e. The van der Waals surface area contributed by atoms with Crippen molar-refractivity contribution >= 4 is 11.0 Å². The lowest BCUT2D eigenvalue weighted by Gasteiger charge is -2.20. The topological polar surface area (TPSA) is 9.86 Å². The Labute approximate surface area is 83.9 Å². The lowest BCUT2D eigenvalue weighted by atomic mass is 10.2. The summed E-state index contributed by atoms with van der Waals surface area (Å²) in [6, 6.07) is 3.44. The zero-order valence-corrected chi connectivity index (χ0v) is 9.43. The lowest BCUT2D eigenvalue weighted by Crippen LogP contribution is -2.17. The summed E-state index contributed by atoms with van der Waals surface area (Å²) in [5.41, 5.74) is 2.76. The zero-order valence-electron chi connectivity index (χ0n) is 9.43. The van der Waals surface area contributed by atoms with Gasteiger partial charge in [0.05, 0.1) is 11.0 Å². The average Bonchev–Trinajstić information content (AvgIpc) is 2.24.